The van der Waals surface area contributed by atoms with Crippen LogP contribution in [0.5, 0.6) is 11.5 Å². The summed E-state index contributed by atoms with van der Waals surface area (Å²) in [4.78, 5) is 28.5. The van der Waals surface area contributed by atoms with Gasteiger partial charge in [0.15, 0.2) is 9.84 Å². The highest BCUT2D eigenvalue weighted by Gasteiger charge is 2.19. The molecule has 0 saturated heterocycles. The first-order chi connectivity index (χ1) is 17.8. The summed E-state index contributed by atoms with van der Waals surface area (Å²) in [5, 5.41) is 3.21. The highest BCUT2D eigenvalue weighted by atomic mass is 32.2. The van der Waals surface area contributed by atoms with Crippen LogP contribution < -0.4 is 15.6 Å². The second-order valence-electron chi connectivity index (χ2n) is 9.09. The zero-order chi connectivity index (χ0) is 27.8. The number of nitrogens with zero attached hydrogens (tertiary/aromatic N) is 2. The highest BCUT2D eigenvalue weighted by Crippen LogP contribution is 2.39. The van der Waals surface area contributed by atoms with Crippen LogP contribution in [0.25, 0.3) is 22.0 Å². The number of aromatic nitrogens is 2. The monoisotopic (exact) mass is 556 g/mol. The maximum atomic E-state index is 12.9. The minimum atomic E-state index is -3.37. The molecule has 0 aliphatic rings. The summed E-state index contributed by atoms with van der Waals surface area (Å²) in [6, 6.07) is 12.6. The van der Waals surface area contributed by atoms with Gasteiger partial charge in [-0.15, -0.1) is 0 Å². The third-order valence-corrected chi connectivity index (χ3v) is 7.38. The summed E-state index contributed by atoms with van der Waals surface area (Å²) >= 11 is 0. The lowest BCUT2D eigenvalue weighted by Gasteiger charge is -2.14. The Bertz CT molecular complexity index is 1840. The van der Waals surface area contributed by atoms with E-state index in [-0.39, 0.29) is 27.6 Å². The third kappa shape index (κ3) is 5.81. The molecule has 2 heterocycles. The van der Waals surface area contributed by atoms with Crippen LogP contribution in [0.15, 0.2) is 68.8 Å². The fourth-order valence-corrected chi connectivity index (χ4v) is 5.19. The van der Waals surface area contributed by atoms with Gasteiger partial charge in [-0.25, -0.2) is 12.6 Å². The molecule has 12 heteroatoms. The van der Waals surface area contributed by atoms with E-state index in [9.17, 15) is 22.2 Å². The lowest BCUT2D eigenvalue weighted by Crippen LogP contribution is -2.23. The van der Waals surface area contributed by atoms with E-state index in [4.69, 9.17) is 4.74 Å². The molecule has 2 N–H and O–H groups in total. The van der Waals surface area contributed by atoms with Crippen LogP contribution in [-0.4, -0.2) is 53.4 Å². The second kappa shape index (κ2) is 10.1. The normalized spacial score (nSPS) is 11.9. The first kappa shape index (κ1) is 27.1. The lowest BCUT2D eigenvalue weighted by atomic mass is 10.0. The van der Waals surface area contributed by atoms with Crippen molar-refractivity contribution in [3.05, 3.63) is 70.8 Å². The molecule has 4 aromatic rings. The number of H-pyrrole nitrogens is 1. The molecule has 0 fully saturated rings. The third-order valence-electron chi connectivity index (χ3n) is 5.61. The average molecular weight is 557 g/mol. The molecule has 0 bridgehead atoms. The van der Waals surface area contributed by atoms with Crippen LogP contribution in [0.3, 0.4) is 0 Å². The van der Waals surface area contributed by atoms with Crippen LogP contribution in [0.4, 0.5) is 5.69 Å². The Hall–Kier alpha value is -3.90. The molecule has 38 heavy (non-hydrogen) atoms. The van der Waals surface area contributed by atoms with Gasteiger partial charge in [0, 0.05) is 64.8 Å². The SMILES string of the molecule is CCNC(=O)c1cc2c(-c3cc(N=S(C)(C)=O)ccc3Oc3ccc(S(C)(=O)=O)cc3)cn(C)c(=O)c2[nH]1. The summed E-state index contributed by atoms with van der Waals surface area (Å²) in [6.45, 7) is 2.22. The largest absolute Gasteiger partial charge is 0.457 e. The number of benzene rings is 2. The summed E-state index contributed by atoms with van der Waals surface area (Å²) in [5.41, 5.74) is 1.71. The molecule has 0 spiro atoms. The van der Waals surface area contributed by atoms with Crippen molar-refractivity contribution in [2.75, 3.05) is 25.3 Å². The van der Waals surface area contributed by atoms with Gasteiger partial charge >= 0.3 is 0 Å². The minimum Gasteiger partial charge on any atom is -0.457 e. The molecule has 0 atom stereocenters. The standard InChI is InChI=1S/C26H28N4O6S2/c1-6-27-25(31)22-14-20-21(15-30(2)26(32)24(20)28-22)19-13-16(29-37(3,4)33)7-12-23(19)36-17-8-10-18(11-9-17)38(5,34)35/h7-15,28H,6H2,1-5H3,(H,27,31). The number of aryl methyl sites for hydroxylation is 1. The number of nitrogens with one attached hydrogen (secondary N) is 2. The fourth-order valence-electron chi connectivity index (χ4n) is 3.94. The van der Waals surface area contributed by atoms with Crippen molar-refractivity contribution in [1.29, 1.82) is 0 Å². The van der Waals surface area contributed by atoms with E-state index in [1.54, 1.807) is 56.6 Å². The average Bonchev–Trinajstić information content (AvgIpc) is 3.27. The van der Waals surface area contributed by atoms with Gasteiger partial charge in [0.1, 0.15) is 22.7 Å². The van der Waals surface area contributed by atoms with Gasteiger partial charge in [-0.2, -0.15) is 4.36 Å². The van der Waals surface area contributed by atoms with Crippen molar-refractivity contribution in [3.8, 4) is 22.6 Å². The fraction of sp³-hybridized carbons (Fsp3) is 0.231. The molecule has 0 unspecified atom stereocenters. The molecule has 2 aromatic carbocycles. The molecule has 2 aromatic heterocycles. The molecule has 0 aliphatic carbocycles. The number of ether oxygens (including phenoxy) is 1. The minimum absolute atomic E-state index is 0.157. The van der Waals surface area contributed by atoms with E-state index in [0.717, 1.165) is 6.26 Å². The first-order valence-electron chi connectivity index (χ1n) is 11.6. The van der Waals surface area contributed by atoms with Crippen LogP contribution in [0.1, 0.15) is 17.4 Å². The topological polar surface area (TPSA) is 140 Å². The number of hydrogen-bond donors (Lipinski definition) is 2. The summed E-state index contributed by atoms with van der Waals surface area (Å²) in [6.07, 6.45) is 5.80. The van der Waals surface area contributed by atoms with E-state index in [2.05, 4.69) is 14.7 Å². The van der Waals surface area contributed by atoms with E-state index in [1.165, 1.54) is 29.2 Å². The van der Waals surface area contributed by atoms with Crippen LogP contribution >= 0.6 is 0 Å². The number of hydrogen-bond acceptors (Lipinski definition) is 7. The quantitative estimate of drug-likeness (QED) is 0.355. The Labute approximate surface area is 220 Å². The molecule has 0 radical (unpaired) electrons. The van der Waals surface area contributed by atoms with E-state index < -0.39 is 19.6 Å². The zero-order valence-corrected chi connectivity index (χ0v) is 23.2. The van der Waals surface area contributed by atoms with Crippen LogP contribution in [-0.2, 0) is 26.6 Å². The number of pyridine rings is 1. The van der Waals surface area contributed by atoms with E-state index >= 15 is 0 Å². The summed E-state index contributed by atoms with van der Waals surface area (Å²) in [5.74, 6) is 0.423. The number of rotatable bonds is 7. The van der Waals surface area contributed by atoms with E-state index in [1.807, 2.05) is 0 Å². The molecular formula is C26H28N4O6S2. The maximum Gasteiger partial charge on any atom is 0.274 e. The van der Waals surface area contributed by atoms with Gasteiger partial charge in [0.05, 0.1) is 10.6 Å². The molecular weight excluding hydrogens is 528 g/mol. The number of aromatic amines is 1. The number of amides is 1. The van der Waals surface area contributed by atoms with Gasteiger partial charge in [0.2, 0.25) is 0 Å². The van der Waals surface area contributed by atoms with Crippen molar-refractivity contribution in [2.45, 2.75) is 11.8 Å². The Balaban J connectivity index is 1.94. The Morgan fingerprint density at radius 3 is 2.32 bits per heavy atom. The van der Waals surface area contributed by atoms with Crippen molar-refractivity contribution < 1.29 is 22.2 Å². The zero-order valence-electron chi connectivity index (χ0n) is 21.6. The molecule has 1 amide bonds. The van der Waals surface area contributed by atoms with Crippen molar-refractivity contribution in [3.63, 3.8) is 0 Å². The second-order valence-corrected chi connectivity index (χ2v) is 13.6. The maximum absolute atomic E-state index is 12.9. The number of fused-ring (bicyclic) bond motifs is 1. The highest BCUT2D eigenvalue weighted by molar-refractivity contribution is 7.92. The Morgan fingerprint density at radius 2 is 1.71 bits per heavy atom. The van der Waals surface area contributed by atoms with Gasteiger partial charge in [0.25, 0.3) is 11.5 Å². The molecule has 10 nitrogen and oxygen atoms in total. The predicted octanol–water partition coefficient (Wildman–Crippen LogP) is 3.84. The molecule has 0 saturated carbocycles. The number of carbonyl (C=O) groups is 1. The summed E-state index contributed by atoms with van der Waals surface area (Å²) < 4.78 is 47.9. The van der Waals surface area contributed by atoms with Crippen LogP contribution in [0, 0.1) is 0 Å². The summed E-state index contributed by atoms with van der Waals surface area (Å²) in [7, 11) is -4.25. The predicted molar refractivity (Wildman–Crippen MR) is 149 cm³/mol. The smallest absolute Gasteiger partial charge is 0.274 e. The Kier molecular flexibility index (Phi) is 7.22. The lowest BCUT2D eigenvalue weighted by molar-refractivity contribution is 0.0951. The van der Waals surface area contributed by atoms with Gasteiger partial charge in [-0.05, 0) is 55.5 Å². The van der Waals surface area contributed by atoms with Crippen molar-refractivity contribution in [1.82, 2.24) is 14.9 Å². The van der Waals surface area contributed by atoms with Gasteiger partial charge in [-0.3, -0.25) is 9.59 Å². The van der Waals surface area contributed by atoms with Crippen molar-refractivity contribution in [2.24, 2.45) is 11.4 Å². The van der Waals surface area contributed by atoms with Crippen LogP contribution in [0.2, 0.25) is 0 Å². The molecule has 200 valence electrons. The number of sulfone groups is 1. The first-order valence-corrected chi connectivity index (χ1v) is 15.8. The number of carbonyl (C=O) groups excluding carboxylic acids is 1. The van der Waals surface area contributed by atoms with Gasteiger partial charge < -0.3 is 19.6 Å². The van der Waals surface area contributed by atoms with E-state index in [0.29, 0.717) is 40.2 Å². The van der Waals surface area contributed by atoms with Crippen molar-refractivity contribution >= 4 is 42.1 Å². The van der Waals surface area contributed by atoms with Gasteiger partial charge in [-0.1, -0.05) is 0 Å². The Morgan fingerprint density at radius 1 is 1.03 bits per heavy atom. The molecule has 4 rings (SSSR count). The molecule has 0 aliphatic heterocycles.